The molecule has 5 nitrogen and oxygen atoms in total. The van der Waals surface area contributed by atoms with Crippen LogP contribution in [0.1, 0.15) is 6.92 Å². The number of methoxy groups -OCH3 is 1. The minimum atomic E-state index is -0.530. The molecule has 0 saturated carbocycles. The van der Waals surface area contributed by atoms with E-state index in [1.54, 1.807) is 0 Å². The van der Waals surface area contributed by atoms with Crippen LogP contribution in [0.25, 0.3) is 0 Å². The minimum absolute atomic E-state index is 0.171. The van der Waals surface area contributed by atoms with Crippen molar-refractivity contribution in [1.29, 1.82) is 0 Å². The van der Waals surface area contributed by atoms with Crippen molar-refractivity contribution in [1.82, 2.24) is 5.32 Å². The molecule has 1 N–H and O–H groups in total. The number of hydrogen-bond acceptors (Lipinski definition) is 4. The highest BCUT2D eigenvalue weighted by Crippen LogP contribution is 1.75. The molecule has 0 aliphatic heterocycles. The smallest absolute Gasteiger partial charge is 0.406 e. The van der Waals surface area contributed by atoms with E-state index in [1.807, 2.05) is 0 Å². The number of carbonyl (C=O) groups excluding carboxylic acids is 2. The molecule has 0 bridgehead atoms. The second kappa shape index (κ2) is 5.52. The summed E-state index contributed by atoms with van der Waals surface area (Å²) in [5.41, 5.74) is 0. The number of nitrogens with one attached hydrogen (secondary N) is 1. The van der Waals surface area contributed by atoms with Gasteiger partial charge in [-0.1, -0.05) is 0 Å². The summed E-state index contributed by atoms with van der Waals surface area (Å²) < 4.78 is 8.79. The second-order valence-electron chi connectivity index (χ2n) is 1.76. The van der Waals surface area contributed by atoms with Gasteiger partial charge in [-0.05, 0) is 0 Å². The molecule has 0 aromatic heterocycles. The van der Waals surface area contributed by atoms with Crippen LogP contribution in [0.2, 0.25) is 0 Å². The van der Waals surface area contributed by atoms with Crippen LogP contribution in [0.5, 0.6) is 0 Å². The molecule has 0 rings (SSSR count). The number of alkyl carbamates (subject to hydrolysis) is 1. The average Bonchev–Trinajstić information content (AvgIpc) is 1.97. The fourth-order valence-corrected chi connectivity index (χ4v) is 0.420. The van der Waals surface area contributed by atoms with Crippen molar-refractivity contribution in [3.63, 3.8) is 0 Å². The predicted molar refractivity (Wildman–Crippen MR) is 37.0 cm³/mol. The molecule has 64 valence electrons. The first kappa shape index (κ1) is 9.74. The maximum atomic E-state index is 10.4. The van der Waals surface area contributed by atoms with Crippen LogP contribution < -0.4 is 5.32 Å². The third kappa shape index (κ3) is 6.63. The molecule has 0 fully saturated rings. The van der Waals surface area contributed by atoms with Crippen LogP contribution in [0.4, 0.5) is 4.79 Å². The molecule has 1 amide bonds. The summed E-state index contributed by atoms with van der Waals surface area (Å²) in [6.07, 6.45) is -0.530. The summed E-state index contributed by atoms with van der Waals surface area (Å²) in [7, 11) is 1.27. The van der Waals surface area contributed by atoms with Crippen molar-refractivity contribution in [2.45, 2.75) is 6.92 Å². The van der Waals surface area contributed by atoms with E-state index in [0.717, 1.165) is 0 Å². The zero-order valence-electron chi connectivity index (χ0n) is 6.55. The maximum absolute atomic E-state index is 10.4. The molecule has 0 aromatic rings. The molecular weight excluding hydrogens is 150 g/mol. The molecule has 0 unspecified atom stereocenters. The van der Waals surface area contributed by atoms with Gasteiger partial charge in [0.2, 0.25) is 0 Å². The van der Waals surface area contributed by atoms with Crippen molar-refractivity contribution in [3.05, 3.63) is 0 Å². The van der Waals surface area contributed by atoms with Crippen LogP contribution >= 0.6 is 0 Å². The zero-order valence-corrected chi connectivity index (χ0v) is 6.55. The Hall–Kier alpha value is -1.26. The summed E-state index contributed by atoms with van der Waals surface area (Å²) in [4.78, 5) is 20.6. The lowest BCUT2D eigenvalue weighted by molar-refractivity contribution is -0.140. The molecular formula is C6H11NO4. The highest BCUT2D eigenvalue weighted by molar-refractivity contribution is 5.67. The fraction of sp³-hybridized carbons (Fsp3) is 0.667. The van der Waals surface area contributed by atoms with Gasteiger partial charge in [-0.25, -0.2) is 4.79 Å². The van der Waals surface area contributed by atoms with Crippen LogP contribution in [0, 0.1) is 0 Å². The van der Waals surface area contributed by atoms with Gasteiger partial charge in [-0.3, -0.25) is 4.79 Å². The Kier molecular flexibility index (Phi) is 4.89. The van der Waals surface area contributed by atoms with E-state index < -0.39 is 6.09 Å². The highest BCUT2D eigenvalue weighted by atomic mass is 16.5. The third-order valence-corrected chi connectivity index (χ3v) is 0.862. The van der Waals surface area contributed by atoms with Gasteiger partial charge in [-0.15, -0.1) is 0 Å². The zero-order chi connectivity index (χ0) is 8.69. The number of hydrogen-bond donors (Lipinski definition) is 1. The quantitative estimate of drug-likeness (QED) is 0.464. The number of rotatable bonds is 3. The summed E-state index contributed by atoms with van der Waals surface area (Å²) in [5.74, 6) is -0.364. The second-order valence-corrected chi connectivity index (χ2v) is 1.76. The van der Waals surface area contributed by atoms with E-state index in [9.17, 15) is 9.59 Å². The van der Waals surface area contributed by atoms with Crippen molar-refractivity contribution in [3.8, 4) is 0 Å². The molecule has 5 heteroatoms. The first-order valence-corrected chi connectivity index (χ1v) is 3.12. The predicted octanol–water partition coefficient (Wildman–Crippen LogP) is -0.0945. The highest BCUT2D eigenvalue weighted by Gasteiger charge is 1.96. The normalized spacial score (nSPS) is 8.55. The molecule has 0 heterocycles. The van der Waals surface area contributed by atoms with E-state index >= 15 is 0 Å². The maximum Gasteiger partial charge on any atom is 0.406 e. The lowest BCUT2D eigenvalue weighted by Crippen LogP contribution is -2.27. The van der Waals surface area contributed by atoms with Crippen LogP contribution in [0.3, 0.4) is 0 Å². The number of carbonyl (C=O) groups is 2. The molecule has 0 spiro atoms. The van der Waals surface area contributed by atoms with Gasteiger partial charge in [0.25, 0.3) is 0 Å². The van der Waals surface area contributed by atoms with Gasteiger partial charge >= 0.3 is 12.1 Å². The number of esters is 1. The molecule has 0 aliphatic rings. The van der Waals surface area contributed by atoms with Crippen molar-refractivity contribution < 1.29 is 19.1 Å². The molecule has 0 aromatic carbocycles. The standard InChI is InChI=1S/C6H11NO4/c1-5(8)11-4-3-7-6(9)10-2/h3-4H2,1-2H3,(H,7,9). The van der Waals surface area contributed by atoms with Gasteiger partial charge in [-0.2, -0.15) is 0 Å². The van der Waals surface area contributed by atoms with E-state index in [2.05, 4.69) is 14.8 Å². The Morgan fingerprint density at radius 3 is 2.55 bits per heavy atom. The van der Waals surface area contributed by atoms with Crippen molar-refractivity contribution in [2.75, 3.05) is 20.3 Å². The van der Waals surface area contributed by atoms with Gasteiger partial charge in [0.15, 0.2) is 0 Å². The topological polar surface area (TPSA) is 64.6 Å². The lowest BCUT2D eigenvalue weighted by atomic mass is 10.7. The van der Waals surface area contributed by atoms with Gasteiger partial charge in [0.1, 0.15) is 6.61 Å². The van der Waals surface area contributed by atoms with E-state index in [-0.39, 0.29) is 19.1 Å². The van der Waals surface area contributed by atoms with Gasteiger partial charge in [0.05, 0.1) is 13.7 Å². The first-order chi connectivity index (χ1) is 5.16. The van der Waals surface area contributed by atoms with Gasteiger partial charge < -0.3 is 14.8 Å². The number of amides is 1. The fourth-order valence-electron chi connectivity index (χ4n) is 0.420. The first-order valence-electron chi connectivity index (χ1n) is 3.12. The molecule has 11 heavy (non-hydrogen) atoms. The molecule has 0 radical (unpaired) electrons. The minimum Gasteiger partial charge on any atom is -0.464 e. The van der Waals surface area contributed by atoms with E-state index in [1.165, 1.54) is 14.0 Å². The van der Waals surface area contributed by atoms with E-state index in [4.69, 9.17) is 0 Å². The Labute approximate surface area is 64.7 Å². The Bertz CT molecular complexity index is 146. The van der Waals surface area contributed by atoms with E-state index in [0.29, 0.717) is 0 Å². The Balaban J connectivity index is 3.14. The average molecular weight is 161 g/mol. The molecule has 0 aliphatic carbocycles. The van der Waals surface area contributed by atoms with Gasteiger partial charge in [0, 0.05) is 6.92 Å². The van der Waals surface area contributed by atoms with Crippen LogP contribution in [-0.2, 0) is 14.3 Å². The summed E-state index contributed by atoms with van der Waals surface area (Å²) in [6.45, 7) is 1.74. The Morgan fingerprint density at radius 1 is 1.45 bits per heavy atom. The summed E-state index contributed by atoms with van der Waals surface area (Å²) in [5, 5.41) is 2.35. The molecule has 0 atom stereocenters. The largest absolute Gasteiger partial charge is 0.464 e. The van der Waals surface area contributed by atoms with Crippen molar-refractivity contribution >= 4 is 12.1 Å². The van der Waals surface area contributed by atoms with Crippen LogP contribution in [0.15, 0.2) is 0 Å². The van der Waals surface area contributed by atoms with Crippen LogP contribution in [-0.4, -0.2) is 32.3 Å². The summed E-state index contributed by atoms with van der Waals surface area (Å²) in [6, 6.07) is 0. The monoisotopic (exact) mass is 161 g/mol. The Morgan fingerprint density at radius 2 is 2.09 bits per heavy atom. The third-order valence-electron chi connectivity index (χ3n) is 0.862. The molecule has 0 saturated heterocycles. The van der Waals surface area contributed by atoms with Crippen molar-refractivity contribution in [2.24, 2.45) is 0 Å². The SMILES string of the molecule is COC(=O)NCCOC(C)=O. The summed E-state index contributed by atoms with van der Waals surface area (Å²) >= 11 is 0. The lowest BCUT2D eigenvalue weighted by Gasteiger charge is -2.02. The number of ether oxygens (including phenoxy) is 2.